The van der Waals surface area contributed by atoms with Crippen molar-refractivity contribution in [2.24, 2.45) is 0 Å². The van der Waals surface area contributed by atoms with Crippen molar-refractivity contribution in [3.63, 3.8) is 0 Å². The summed E-state index contributed by atoms with van der Waals surface area (Å²) in [5, 5.41) is 11.3. The lowest BCUT2D eigenvalue weighted by Gasteiger charge is -2.35. The van der Waals surface area contributed by atoms with Gasteiger partial charge in [0, 0.05) is 26.2 Å². The molecule has 9 heteroatoms. The minimum Gasteiger partial charge on any atom is -0.444 e. The highest BCUT2D eigenvalue weighted by atomic mass is 32.1. The van der Waals surface area contributed by atoms with Gasteiger partial charge in [0.05, 0.1) is 4.92 Å². The van der Waals surface area contributed by atoms with Crippen LogP contribution in [0.4, 0.5) is 14.9 Å². The average molecular weight is 314 g/mol. The van der Waals surface area contributed by atoms with Crippen LogP contribution in [0.3, 0.4) is 0 Å². The topological polar surface area (TPSA) is 88.8 Å². The molecule has 0 unspecified atom stereocenters. The number of amides is 1. The zero-order valence-corrected chi connectivity index (χ0v) is 13.1. The smallest absolute Gasteiger partial charge is 0.410 e. The molecule has 116 valence electrons. The molecule has 0 bridgehead atoms. The van der Waals surface area contributed by atoms with Gasteiger partial charge in [-0.15, -0.1) is 0 Å². The molecule has 1 aliphatic rings. The second-order valence-corrected chi connectivity index (χ2v) is 6.68. The highest BCUT2D eigenvalue weighted by Gasteiger charge is 2.27. The molecule has 2 rings (SSSR count). The van der Waals surface area contributed by atoms with Crippen molar-refractivity contribution in [1.82, 2.24) is 9.88 Å². The van der Waals surface area contributed by atoms with Crippen LogP contribution in [0.15, 0.2) is 6.20 Å². The van der Waals surface area contributed by atoms with Gasteiger partial charge in [-0.05, 0) is 32.1 Å². The molecule has 2 heterocycles. The second kappa shape index (κ2) is 5.84. The molecule has 1 amide bonds. The van der Waals surface area contributed by atoms with Gasteiger partial charge in [0.1, 0.15) is 11.8 Å². The fourth-order valence-electron chi connectivity index (χ4n) is 1.89. The summed E-state index contributed by atoms with van der Waals surface area (Å²) in [6.07, 6.45) is 0.938. The third kappa shape index (κ3) is 4.03. The molecule has 1 aliphatic heterocycles. The van der Waals surface area contributed by atoms with Crippen LogP contribution in [0.2, 0.25) is 0 Å². The summed E-state index contributed by atoms with van der Waals surface area (Å²) < 4.78 is 5.32. The molecule has 0 saturated carbocycles. The number of ether oxygens (including phenoxy) is 1. The maximum absolute atomic E-state index is 11.9. The van der Waals surface area contributed by atoms with E-state index < -0.39 is 10.5 Å². The minimum absolute atomic E-state index is 0.0274. The van der Waals surface area contributed by atoms with Crippen molar-refractivity contribution in [1.29, 1.82) is 0 Å². The van der Waals surface area contributed by atoms with Crippen molar-refractivity contribution in [2.75, 3.05) is 31.1 Å². The molecule has 0 spiro atoms. The standard InChI is InChI=1S/C12H18N4O4S/c1-12(2,3)20-11(17)15-6-4-14(5-7-15)10-13-8-9(21-10)16(18)19/h8H,4-7H2,1-3H3. The van der Waals surface area contributed by atoms with E-state index in [0.29, 0.717) is 31.3 Å². The van der Waals surface area contributed by atoms with Crippen molar-refractivity contribution in [3.05, 3.63) is 16.3 Å². The Morgan fingerprint density at radius 2 is 2.00 bits per heavy atom. The number of carbonyl (C=O) groups is 1. The zero-order chi connectivity index (χ0) is 15.6. The summed E-state index contributed by atoms with van der Waals surface area (Å²) in [5.41, 5.74) is -0.510. The summed E-state index contributed by atoms with van der Waals surface area (Å²) in [6.45, 7) is 7.69. The van der Waals surface area contributed by atoms with Crippen LogP contribution >= 0.6 is 11.3 Å². The Hall–Kier alpha value is -1.90. The number of carbonyl (C=O) groups excluding carboxylic acids is 1. The molecule has 1 fully saturated rings. The van der Waals surface area contributed by atoms with Gasteiger partial charge >= 0.3 is 11.1 Å². The van der Waals surface area contributed by atoms with E-state index in [1.54, 1.807) is 4.90 Å². The number of hydrogen-bond donors (Lipinski definition) is 0. The van der Waals surface area contributed by atoms with Crippen LogP contribution in [0.5, 0.6) is 0 Å². The number of anilines is 1. The summed E-state index contributed by atoms with van der Waals surface area (Å²) >= 11 is 1.05. The van der Waals surface area contributed by atoms with Crippen LogP contribution in [0, 0.1) is 10.1 Å². The molecule has 8 nitrogen and oxygen atoms in total. The molecule has 0 aliphatic carbocycles. The molecule has 0 atom stereocenters. The molecule has 0 aromatic carbocycles. The molecule has 1 aromatic rings. The highest BCUT2D eigenvalue weighted by molar-refractivity contribution is 7.18. The van der Waals surface area contributed by atoms with Crippen molar-refractivity contribution < 1.29 is 14.5 Å². The summed E-state index contributed by atoms with van der Waals surface area (Å²) in [4.78, 5) is 29.8. The number of rotatable bonds is 2. The molecular weight excluding hydrogens is 296 g/mol. The lowest BCUT2D eigenvalue weighted by molar-refractivity contribution is -0.380. The fraction of sp³-hybridized carbons (Fsp3) is 0.667. The van der Waals surface area contributed by atoms with Crippen LogP contribution in [-0.4, -0.2) is 52.7 Å². The number of hydrogen-bond acceptors (Lipinski definition) is 7. The van der Waals surface area contributed by atoms with Crippen LogP contribution < -0.4 is 4.90 Å². The van der Waals surface area contributed by atoms with Crippen molar-refractivity contribution >= 4 is 27.6 Å². The normalized spacial score (nSPS) is 16.0. The SMILES string of the molecule is CC(C)(C)OC(=O)N1CCN(c2ncc([N+](=O)[O-])s2)CC1. The van der Waals surface area contributed by atoms with E-state index in [-0.39, 0.29) is 11.1 Å². The van der Waals surface area contributed by atoms with Gasteiger partial charge in [-0.2, -0.15) is 0 Å². The molecule has 1 saturated heterocycles. The molecule has 1 aromatic heterocycles. The second-order valence-electron chi connectivity index (χ2n) is 5.69. The van der Waals surface area contributed by atoms with E-state index in [9.17, 15) is 14.9 Å². The van der Waals surface area contributed by atoms with Gasteiger partial charge in [-0.3, -0.25) is 10.1 Å². The number of piperazine rings is 1. The third-order valence-electron chi connectivity index (χ3n) is 2.86. The Bertz CT molecular complexity index is 532. The maximum atomic E-state index is 11.9. The van der Waals surface area contributed by atoms with E-state index in [1.165, 1.54) is 6.20 Å². The largest absolute Gasteiger partial charge is 0.444 e. The number of aromatic nitrogens is 1. The van der Waals surface area contributed by atoms with Gasteiger partial charge in [0.25, 0.3) is 0 Å². The first kappa shape index (κ1) is 15.5. The number of nitro groups is 1. The first-order chi connectivity index (χ1) is 9.76. The molecular formula is C12H18N4O4S. The average Bonchev–Trinajstić information content (AvgIpc) is 2.86. The Balaban J connectivity index is 1.90. The summed E-state index contributed by atoms with van der Waals surface area (Å²) in [7, 11) is 0. The first-order valence-corrected chi connectivity index (χ1v) is 7.41. The lowest BCUT2D eigenvalue weighted by Crippen LogP contribution is -2.50. The molecule has 0 N–H and O–H groups in total. The van der Waals surface area contributed by atoms with E-state index in [4.69, 9.17) is 4.74 Å². The van der Waals surface area contributed by atoms with E-state index >= 15 is 0 Å². The monoisotopic (exact) mass is 314 g/mol. The van der Waals surface area contributed by atoms with Gasteiger partial charge in [-0.1, -0.05) is 0 Å². The Morgan fingerprint density at radius 1 is 1.38 bits per heavy atom. The number of nitrogens with zero attached hydrogens (tertiary/aromatic N) is 4. The Kier molecular flexibility index (Phi) is 4.31. The highest BCUT2D eigenvalue weighted by Crippen LogP contribution is 2.28. The Morgan fingerprint density at radius 3 is 2.48 bits per heavy atom. The van der Waals surface area contributed by atoms with Gasteiger partial charge < -0.3 is 14.5 Å². The van der Waals surface area contributed by atoms with Gasteiger partial charge in [0.2, 0.25) is 0 Å². The van der Waals surface area contributed by atoms with Crippen LogP contribution in [0.25, 0.3) is 0 Å². The van der Waals surface area contributed by atoms with Crippen molar-refractivity contribution in [3.8, 4) is 0 Å². The first-order valence-electron chi connectivity index (χ1n) is 6.59. The van der Waals surface area contributed by atoms with E-state index in [0.717, 1.165) is 11.3 Å². The third-order valence-corrected chi connectivity index (χ3v) is 3.87. The summed E-state index contributed by atoms with van der Waals surface area (Å²) in [6, 6.07) is 0. The van der Waals surface area contributed by atoms with E-state index in [2.05, 4.69) is 4.98 Å². The van der Waals surface area contributed by atoms with Gasteiger partial charge in [0.15, 0.2) is 5.13 Å². The predicted molar refractivity (Wildman–Crippen MR) is 78.8 cm³/mol. The maximum Gasteiger partial charge on any atom is 0.410 e. The zero-order valence-electron chi connectivity index (χ0n) is 12.2. The predicted octanol–water partition coefficient (Wildman–Crippen LogP) is 2.11. The van der Waals surface area contributed by atoms with Crippen LogP contribution in [0.1, 0.15) is 20.8 Å². The quantitative estimate of drug-likeness (QED) is 0.613. The molecule has 21 heavy (non-hydrogen) atoms. The number of thiazole rings is 1. The van der Waals surface area contributed by atoms with Crippen LogP contribution in [-0.2, 0) is 4.74 Å². The molecule has 0 radical (unpaired) electrons. The van der Waals surface area contributed by atoms with Gasteiger partial charge in [-0.25, -0.2) is 9.78 Å². The Labute approximate surface area is 126 Å². The lowest BCUT2D eigenvalue weighted by atomic mass is 10.2. The van der Waals surface area contributed by atoms with Crippen molar-refractivity contribution in [2.45, 2.75) is 26.4 Å². The minimum atomic E-state index is -0.510. The summed E-state index contributed by atoms with van der Waals surface area (Å²) in [5.74, 6) is 0. The van der Waals surface area contributed by atoms with E-state index in [1.807, 2.05) is 25.7 Å². The fourth-order valence-corrected chi connectivity index (χ4v) is 2.68.